The maximum absolute atomic E-state index is 11.0. The van der Waals surface area contributed by atoms with Crippen LogP contribution in [0, 0.1) is 0 Å². The zero-order valence-electron chi connectivity index (χ0n) is 12.2. The van der Waals surface area contributed by atoms with Gasteiger partial charge in [0, 0.05) is 18.1 Å². The molecule has 130 valence electrons. The van der Waals surface area contributed by atoms with E-state index in [-0.39, 0.29) is 80.1 Å². The fourth-order valence-corrected chi connectivity index (χ4v) is 1.64. The molecular weight excluding hydrogens is 344 g/mol. The van der Waals surface area contributed by atoms with Crippen molar-refractivity contribution >= 4 is 49.2 Å². The molecular formula is C11H26Cl3N3O4. The van der Waals surface area contributed by atoms with E-state index in [9.17, 15) is 9.59 Å². The van der Waals surface area contributed by atoms with Crippen LogP contribution in [0.4, 0.5) is 0 Å². The van der Waals surface area contributed by atoms with Gasteiger partial charge in [-0.15, -0.1) is 37.2 Å². The zero-order valence-corrected chi connectivity index (χ0v) is 14.6. The Bertz CT molecular complexity index is 259. The fourth-order valence-electron chi connectivity index (χ4n) is 1.64. The predicted octanol–water partition coefficient (Wildman–Crippen LogP) is 0.140. The summed E-state index contributed by atoms with van der Waals surface area (Å²) in [6, 6.07) is -0.986. The van der Waals surface area contributed by atoms with Crippen LogP contribution in [0.5, 0.6) is 0 Å². The van der Waals surface area contributed by atoms with Crippen molar-refractivity contribution in [2.24, 2.45) is 17.2 Å². The molecule has 0 aliphatic rings. The second-order valence-electron chi connectivity index (χ2n) is 4.31. The number of rotatable bonds is 8. The van der Waals surface area contributed by atoms with Gasteiger partial charge in [0.25, 0.3) is 0 Å². The van der Waals surface area contributed by atoms with E-state index in [2.05, 4.69) is 9.47 Å². The molecule has 6 N–H and O–H groups in total. The SMILES string of the molecule is COC(=O)CC(N)CC(N)CC(N)CC(=O)OC.Cl.Cl.Cl. The molecule has 10 heteroatoms. The Morgan fingerprint density at radius 2 is 1.05 bits per heavy atom. The number of nitrogens with two attached hydrogens (primary N) is 3. The topological polar surface area (TPSA) is 131 Å². The number of carbonyl (C=O) groups is 2. The van der Waals surface area contributed by atoms with Gasteiger partial charge in [-0.1, -0.05) is 0 Å². The van der Waals surface area contributed by atoms with Crippen LogP contribution in [0.25, 0.3) is 0 Å². The molecule has 0 aliphatic carbocycles. The van der Waals surface area contributed by atoms with Crippen molar-refractivity contribution in [2.45, 2.75) is 43.8 Å². The van der Waals surface area contributed by atoms with Crippen molar-refractivity contribution in [1.82, 2.24) is 0 Å². The van der Waals surface area contributed by atoms with Gasteiger partial charge in [0.05, 0.1) is 27.1 Å². The lowest BCUT2D eigenvalue weighted by Crippen LogP contribution is -2.38. The average Bonchev–Trinajstić information content (AvgIpc) is 2.27. The van der Waals surface area contributed by atoms with E-state index in [1.54, 1.807) is 0 Å². The third kappa shape index (κ3) is 15.9. The Morgan fingerprint density at radius 3 is 1.29 bits per heavy atom. The second kappa shape index (κ2) is 16.1. The second-order valence-corrected chi connectivity index (χ2v) is 4.31. The summed E-state index contributed by atoms with van der Waals surface area (Å²) >= 11 is 0. The van der Waals surface area contributed by atoms with Crippen LogP contribution in [0.15, 0.2) is 0 Å². The summed E-state index contributed by atoms with van der Waals surface area (Å²) in [4.78, 5) is 22.0. The highest BCUT2D eigenvalue weighted by Crippen LogP contribution is 2.07. The quantitative estimate of drug-likeness (QED) is 0.518. The van der Waals surface area contributed by atoms with Crippen LogP contribution < -0.4 is 17.2 Å². The molecule has 0 radical (unpaired) electrons. The third-order valence-corrected chi connectivity index (χ3v) is 2.52. The van der Waals surface area contributed by atoms with Crippen molar-refractivity contribution < 1.29 is 19.1 Å². The van der Waals surface area contributed by atoms with Gasteiger partial charge in [-0.3, -0.25) is 9.59 Å². The van der Waals surface area contributed by atoms with E-state index in [0.29, 0.717) is 12.8 Å². The molecule has 0 saturated carbocycles. The summed E-state index contributed by atoms with van der Waals surface area (Å²) in [7, 11) is 2.61. The smallest absolute Gasteiger partial charge is 0.307 e. The lowest BCUT2D eigenvalue weighted by Gasteiger charge is -2.19. The summed E-state index contributed by atoms with van der Waals surface area (Å²) in [5, 5.41) is 0. The zero-order chi connectivity index (χ0) is 14.1. The first-order chi connectivity index (χ1) is 8.38. The van der Waals surface area contributed by atoms with Crippen LogP contribution in [-0.4, -0.2) is 44.3 Å². The maximum Gasteiger partial charge on any atom is 0.307 e. The minimum absolute atomic E-state index is 0. The van der Waals surface area contributed by atoms with Gasteiger partial charge in [-0.05, 0) is 12.8 Å². The van der Waals surface area contributed by atoms with E-state index in [1.807, 2.05) is 0 Å². The molecule has 0 rings (SSSR count). The molecule has 0 spiro atoms. The van der Waals surface area contributed by atoms with Crippen LogP contribution in [-0.2, 0) is 19.1 Å². The Balaban J connectivity index is -0.000000482. The Labute approximate surface area is 143 Å². The van der Waals surface area contributed by atoms with Gasteiger partial charge in [-0.2, -0.15) is 0 Å². The van der Waals surface area contributed by atoms with Gasteiger partial charge in [-0.25, -0.2) is 0 Å². The van der Waals surface area contributed by atoms with Crippen LogP contribution in [0.1, 0.15) is 25.7 Å². The summed E-state index contributed by atoms with van der Waals surface area (Å²) in [5.41, 5.74) is 17.3. The van der Waals surface area contributed by atoms with E-state index in [4.69, 9.17) is 17.2 Å². The normalized spacial score (nSPS) is 13.4. The van der Waals surface area contributed by atoms with Crippen LogP contribution in [0.2, 0.25) is 0 Å². The van der Waals surface area contributed by atoms with E-state index < -0.39 is 0 Å². The predicted molar refractivity (Wildman–Crippen MR) is 88.2 cm³/mol. The van der Waals surface area contributed by atoms with Crippen LogP contribution >= 0.6 is 37.2 Å². The molecule has 2 unspecified atom stereocenters. The molecule has 2 atom stereocenters. The highest BCUT2D eigenvalue weighted by molar-refractivity contribution is 5.86. The highest BCUT2D eigenvalue weighted by atomic mass is 35.5. The van der Waals surface area contributed by atoms with Crippen molar-refractivity contribution in [3.63, 3.8) is 0 Å². The number of ether oxygens (including phenoxy) is 2. The van der Waals surface area contributed by atoms with Crippen molar-refractivity contribution in [3.8, 4) is 0 Å². The minimum Gasteiger partial charge on any atom is -0.469 e. The molecule has 0 fully saturated rings. The van der Waals surface area contributed by atoms with Crippen LogP contribution in [0.3, 0.4) is 0 Å². The minimum atomic E-state index is -0.367. The van der Waals surface area contributed by atoms with Crippen molar-refractivity contribution in [1.29, 1.82) is 0 Å². The highest BCUT2D eigenvalue weighted by Gasteiger charge is 2.18. The Morgan fingerprint density at radius 1 is 0.762 bits per heavy atom. The first-order valence-electron chi connectivity index (χ1n) is 5.79. The fraction of sp³-hybridized carbons (Fsp3) is 0.818. The number of esters is 2. The first kappa shape index (κ1) is 28.8. The molecule has 0 bridgehead atoms. The van der Waals surface area contributed by atoms with Gasteiger partial charge in [0.2, 0.25) is 0 Å². The van der Waals surface area contributed by atoms with Gasteiger partial charge in [0.1, 0.15) is 0 Å². The molecule has 0 saturated heterocycles. The lowest BCUT2D eigenvalue weighted by atomic mass is 9.98. The summed E-state index contributed by atoms with van der Waals surface area (Å²) in [6.07, 6.45) is 1.14. The summed E-state index contributed by atoms with van der Waals surface area (Å²) in [6.45, 7) is 0. The van der Waals surface area contributed by atoms with Gasteiger partial charge < -0.3 is 26.7 Å². The maximum atomic E-state index is 11.0. The summed E-state index contributed by atoms with van der Waals surface area (Å²) in [5.74, 6) is -0.734. The van der Waals surface area contributed by atoms with Gasteiger partial charge >= 0.3 is 11.9 Å². The van der Waals surface area contributed by atoms with Crippen molar-refractivity contribution in [2.75, 3.05) is 14.2 Å². The molecule has 21 heavy (non-hydrogen) atoms. The number of halogens is 3. The van der Waals surface area contributed by atoms with E-state index in [1.165, 1.54) is 14.2 Å². The van der Waals surface area contributed by atoms with Crippen molar-refractivity contribution in [3.05, 3.63) is 0 Å². The third-order valence-electron chi connectivity index (χ3n) is 2.52. The Kier molecular flexibility index (Phi) is 22.0. The summed E-state index contributed by atoms with van der Waals surface area (Å²) < 4.78 is 9.01. The van der Waals surface area contributed by atoms with E-state index in [0.717, 1.165) is 0 Å². The molecule has 0 aliphatic heterocycles. The number of methoxy groups -OCH3 is 2. The van der Waals surface area contributed by atoms with E-state index >= 15 is 0 Å². The monoisotopic (exact) mass is 369 g/mol. The molecule has 7 nitrogen and oxygen atoms in total. The Hall–Kier alpha value is -0.310. The molecule has 0 heterocycles. The molecule has 0 aromatic carbocycles. The average molecular weight is 371 g/mol. The standard InChI is InChI=1S/C11H23N3O4.3ClH/c1-17-10(15)5-8(13)3-7(12)4-9(14)6-11(16)18-2;;;/h7-9H,3-6,12-14H2,1-2H3;3*1H. The number of carbonyl (C=O) groups excluding carboxylic acids is 2. The number of hydrogen-bond acceptors (Lipinski definition) is 7. The molecule has 0 aromatic heterocycles. The largest absolute Gasteiger partial charge is 0.469 e. The lowest BCUT2D eigenvalue weighted by molar-refractivity contribution is -0.141. The molecule has 0 aromatic rings. The first-order valence-corrected chi connectivity index (χ1v) is 5.79. The molecule has 0 amide bonds. The van der Waals surface area contributed by atoms with Gasteiger partial charge in [0.15, 0.2) is 0 Å². The number of hydrogen-bond donors (Lipinski definition) is 3.